The molecule has 4 heterocycles. The summed E-state index contributed by atoms with van der Waals surface area (Å²) in [5.41, 5.74) is 6.16. The van der Waals surface area contributed by atoms with Crippen molar-refractivity contribution in [2.24, 2.45) is 0 Å². The molecule has 0 radical (unpaired) electrons. The van der Waals surface area contributed by atoms with Gasteiger partial charge in [0.15, 0.2) is 5.82 Å². The molecule has 24 heavy (non-hydrogen) atoms. The van der Waals surface area contributed by atoms with Crippen LogP contribution in [-0.2, 0) is 6.54 Å². The zero-order valence-electron chi connectivity index (χ0n) is 13.5. The summed E-state index contributed by atoms with van der Waals surface area (Å²) in [6, 6.07) is 6.19. The number of alkyl halides is 1. The number of nitrogens with two attached hydrogens (primary N) is 1. The van der Waals surface area contributed by atoms with Crippen molar-refractivity contribution in [3.8, 4) is 10.7 Å². The Balaban J connectivity index is 1.61. The van der Waals surface area contributed by atoms with Gasteiger partial charge in [0, 0.05) is 29.4 Å². The third-order valence-electron chi connectivity index (χ3n) is 4.33. The number of aromatic nitrogens is 2. The average Bonchev–Trinajstić information content (AvgIpc) is 3.16. The summed E-state index contributed by atoms with van der Waals surface area (Å²) in [4.78, 5) is 15.9. The van der Waals surface area contributed by atoms with E-state index in [-0.39, 0.29) is 0 Å². The third-order valence-corrected chi connectivity index (χ3v) is 6.34. The Hall–Kier alpha value is -1.57. The summed E-state index contributed by atoms with van der Waals surface area (Å²) in [5.74, 6) is 1.23. The SMILES string of the molecule is Cc1ccc(-c2nc(N)c3cc(CN4CCC(F)CC4)sc3n2)s1. The summed E-state index contributed by atoms with van der Waals surface area (Å²) in [6.07, 6.45) is 0.630. The topological polar surface area (TPSA) is 55.0 Å². The molecular formula is C17H19FN4S2. The van der Waals surface area contributed by atoms with Gasteiger partial charge in [-0.05, 0) is 38.0 Å². The summed E-state index contributed by atoms with van der Waals surface area (Å²) < 4.78 is 13.3. The van der Waals surface area contributed by atoms with Crippen molar-refractivity contribution >= 4 is 38.7 Å². The molecule has 0 unspecified atom stereocenters. The first-order valence-electron chi connectivity index (χ1n) is 8.07. The van der Waals surface area contributed by atoms with Crippen LogP contribution in [0.4, 0.5) is 10.2 Å². The van der Waals surface area contributed by atoms with Crippen molar-refractivity contribution in [1.82, 2.24) is 14.9 Å². The van der Waals surface area contributed by atoms with Crippen LogP contribution in [-0.4, -0.2) is 34.1 Å². The third kappa shape index (κ3) is 3.16. The second-order valence-corrected chi connectivity index (χ2v) is 8.63. The normalized spacial score (nSPS) is 16.9. The number of rotatable bonds is 3. The van der Waals surface area contributed by atoms with Crippen molar-refractivity contribution < 1.29 is 4.39 Å². The number of nitrogens with zero attached hydrogens (tertiary/aromatic N) is 3. The summed E-state index contributed by atoms with van der Waals surface area (Å²) >= 11 is 3.33. The predicted molar refractivity (Wildman–Crippen MR) is 99.3 cm³/mol. The van der Waals surface area contributed by atoms with Gasteiger partial charge in [0.1, 0.15) is 16.8 Å². The van der Waals surface area contributed by atoms with Gasteiger partial charge in [-0.3, -0.25) is 4.90 Å². The number of thiophene rings is 2. The molecular weight excluding hydrogens is 343 g/mol. The number of aryl methyl sites for hydroxylation is 1. The lowest BCUT2D eigenvalue weighted by atomic mass is 10.1. The van der Waals surface area contributed by atoms with Crippen LogP contribution in [0.1, 0.15) is 22.6 Å². The summed E-state index contributed by atoms with van der Waals surface area (Å²) in [7, 11) is 0. The van der Waals surface area contributed by atoms with E-state index < -0.39 is 6.17 Å². The Morgan fingerprint density at radius 1 is 1.25 bits per heavy atom. The number of halogens is 1. The molecule has 7 heteroatoms. The molecule has 1 fully saturated rings. The predicted octanol–water partition coefficient (Wildman–Crippen LogP) is 4.24. The van der Waals surface area contributed by atoms with Crippen LogP contribution in [0.25, 0.3) is 20.9 Å². The van der Waals surface area contributed by atoms with Crippen LogP contribution in [0.3, 0.4) is 0 Å². The van der Waals surface area contributed by atoms with Crippen LogP contribution in [0.15, 0.2) is 18.2 Å². The van der Waals surface area contributed by atoms with E-state index in [0.717, 1.165) is 34.7 Å². The van der Waals surface area contributed by atoms with Gasteiger partial charge in [-0.25, -0.2) is 14.4 Å². The molecule has 0 atom stereocenters. The minimum absolute atomic E-state index is 0.533. The number of anilines is 1. The van der Waals surface area contributed by atoms with Gasteiger partial charge in [0.2, 0.25) is 0 Å². The van der Waals surface area contributed by atoms with Gasteiger partial charge in [0.25, 0.3) is 0 Å². The maximum Gasteiger partial charge on any atom is 0.173 e. The van der Waals surface area contributed by atoms with Gasteiger partial charge >= 0.3 is 0 Å². The van der Waals surface area contributed by atoms with E-state index in [1.54, 1.807) is 22.7 Å². The molecule has 126 valence electrons. The number of hydrogen-bond acceptors (Lipinski definition) is 6. The average molecular weight is 362 g/mol. The lowest BCUT2D eigenvalue weighted by Gasteiger charge is -2.27. The fraction of sp³-hybridized carbons (Fsp3) is 0.412. The minimum Gasteiger partial charge on any atom is -0.383 e. The van der Waals surface area contributed by atoms with Gasteiger partial charge in [-0.2, -0.15) is 0 Å². The van der Waals surface area contributed by atoms with E-state index >= 15 is 0 Å². The molecule has 0 saturated carbocycles. The molecule has 2 N–H and O–H groups in total. The second-order valence-electron chi connectivity index (χ2n) is 6.23. The Bertz CT molecular complexity index is 865. The molecule has 1 saturated heterocycles. The van der Waals surface area contributed by atoms with Crippen LogP contribution in [0.5, 0.6) is 0 Å². The monoisotopic (exact) mass is 362 g/mol. The lowest BCUT2D eigenvalue weighted by Crippen LogP contribution is -2.33. The zero-order chi connectivity index (χ0) is 16.7. The Labute approximate surface area is 148 Å². The van der Waals surface area contributed by atoms with Crippen molar-refractivity contribution in [2.45, 2.75) is 32.5 Å². The van der Waals surface area contributed by atoms with E-state index in [4.69, 9.17) is 10.7 Å². The summed E-state index contributed by atoms with van der Waals surface area (Å²) in [6.45, 7) is 4.53. The molecule has 0 bridgehead atoms. The highest BCUT2D eigenvalue weighted by molar-refractivity contribution is 7.18. The maximum absolute atomic E-state index is 13.3. The Morgan fingerprint density at radius 2 is 2.04 bits per heavy atom. The van der Waals surface area contributed by atoms with Gasteiger partial charge in [0.05, 0.1) is 10.3 Å². The number of likely N-dealkylation sites (tertiary alicyclic amines) is 1. The lowest BCUT2D eigenvalue weighted by molar-refractivity contribution is 0.146. The van der Waals surface area contributed by atoms with Crippen molar-refractivity contribution in [1.29, 1.82) is 0 Å². The van der Waals surface area contributed by atoms with E-state index in [1.165, 1.54) is 9.75 Å². The number of nitrogen functional groups attached to an aromatic ring is 1. The number of piperidine rings is 1. The van der Waals surface area contributed by atoms with E-state index in [1.807, 2.05) is 6.07 Å². The van der Waals surface area contributed by atoms with Gasteiger partial charge in [-0.15, -0.1) is 22.7 Å². The molecule has 4 rings (SSSR count). The van der Waals surface area contributed by atoms with Crippen LogP contribution in [0, 0.1) is 6.92 Å². The van der Waals surface area contributed by atoms with E-state index in [0.29, 0.717) is 24.5 Å². The molecule has 0 spiro atoms. The highest BCUT2D eigenvalue weighted by Gasteiger charge is 2.20. The molecule has 4 nitrogen and oxygen atoms in total. The first-order valence-corrected chi connectivity index (χ1v) is 9.71. The fourth-order valence-electron chi connectivity index (χ4n) is 3.02. The fourth-order valence-corrected chi connectivity index (χ4v) is 4.90. The van der Waals surface area contributed by atoms with Crippen LogP contribution in [0.2, 0.25) is 0 Å². The molecule has 0 aromatic carbocycles. The van der Waals surface area contributed by atoms with Crippen LogP contribution >= 0.6 is 22.7 Å². The largest absolute Gasteiger partial charge is 0.383 e. The van der Waals surface area contributed by atoms with E-state index in [2.05, 4.69) is 28.9 Å². The van der Waals surface area contributed by atoms with Gasteiger partial charge in [-0.1, -0.05) is 0 Å². The van der Waals surface area contributed by atoms with E-state index in [9.17, 15) is 4.39 Å². The summed E-state index contributed by atoms with van der Waals surface area (Å²) in [5, 5.41) is 0.924. The highest BCUT2D eigenvalue weighted by Crippen LogP contribution is 2.33. The maximum atomic E-state index is 13.3. The smallest absolute Gasteiger partial charge is 0.173 e. The first kappa shape index (κ1) is 15.9. The molecule has 0 aliphatic carbocycles. The highest BCUT2D eigenvalue weighted by atomic mass is 32.1. The quantitative estimate of drug-likeness (QED) is 0.757. The zero-order valence-corrected chi connectivity index (χ0v) is 15.1. The second kappa shape index (κ2) is 6.38. The van der Waals surface area contributed by atoms with Crippen molar-refractivity contribution in [2.75, 3.05) is 18.8 Å². The van der Waals surface area contributed by atoms with Crippen LogP contribution < -0.4 is 5.73 Å². The minimum atomic E-state index is -0.637. The van der Waals surface area contributed by atoms with Gasteiger partial charge < -0.3 is 5.73 Å². The molecule has 3 aromatic heterocycles. The molecule has 1 aliphatic rings. The van der Waals surface area contributed by atoms with Crippen molar-refractivity contribution in [3.63, 3.8) is 0 Å². The number of fused-ring (bicyclic) bond motifs is 1. The molecule has 0 amide bonds. The van der Waals surface area contributed by atoms with Crippen molar-refractivity contribution in [3.05, 3.63) is 28.0 Å². The first-order chi connectivity index (χ1) is 11.6. The Morgan fingerprint density at radius 3 is 2.75 bits per heavy atom. The molecule has 3 aromatic rings. The Kier molecular flexibility index (Phi) is 4.24. The molecule has 1 aliphatic heterocycles. The standard InChI is InChI=1S/C17H19FN4S2/c1-10-2-3-14(23-10)16-20-15(19)13-8-12(24-17(13)21-16)9-22-6-4-11(18)5-7-22/h2-3,8,11H,4-7,9H2,1H3,(H2,19,20,21). The number of hydrogen-bond donors (Lipinski definition) is 1.